The Labute approximate surface area is 211 Å². The van der Waals surface area contributed by atoms with Crippen LogP contribution in [0, 0.1) is 17.0 Å². The van der Waals surface area contributed by atoms with Gasteiger partial charge < -0.3 is 5.32 Å². The Hall–Kier alpha value is -3.69. The van der Waals surface area contributed by atoms with E-state index in [4.69, 9.17) is 11.6 Å². The minimum Gasteiger partial charge on any atom is -0.342 e. The SMILES string of the molecule is Cc1ccccc1CSc1nnc(C(C)NC(=O)c2ccccc2Cl)n1-c1ccc([N+](=O)[O-])cc1. The molecule has 8 nitrogen and oxygen atoms in total. The van der Waals surface area contributed by atoms with Gasteiger partial charge in [0, 0.05) is 23.6 Å². The fourth-order valence-corrected chi connectivity index (χ4v) is 4.78. The van der Waals surface area contributed by atoms with Crippen molar-refractivity contribution in [3.63, 3.8) is 0 Å². The summed E-state index contributed by atoms with van der Waals surface area (Å²) in [5.41, 5.74) is 3.33. The third-order valence-electron chi connectivity index (χ3n) is 5.45. The van der Waals surface area contributed by atoms with Crippen LogP contribution in [0.15, 0.2) is 78.0 Å². The van der Waals surface area contributed by atoms with Gasteiger partial charge in [-0.15, -0.1) is 10.2 Å². The molecule has 0 bridgehead atoms. The van der Waals surface area contributed by atoms with E-state index in [2.05, 4.69) is 34.6 Å². The molecule has 0 aliphatic rings. The van der Waals surface area contributed by atoms with Crippen molar-refractivity contribution in [3.8, 4) is 5.69 Å². The molecule has 3 aromatic carbocycles. The van der Waals surface area contributed by atoms with E-state index < -0.39 is 11.0 Å². The fourth-order valence-electron chi connectivity index (χ4n) is 3.52. The first-order chi connectivity index (χ1) is 16.8. The van der Waals surface area contributed by atoms with Crippen molar-refractivity contribution in [3.05, 3.63) is 110 Å². The van der Waals surface area contributed by atoms with Crippen LogP contribution in [0.3, 0.4) is 0 Å². The van der Waals surface area contributed by atoms with E-state index in [0.717, 1.165) is 5.56 Å². The molecule has 0 spiro atoms. The van der Waals surface area contributed by atoms with E-state index in [1.54, 1.807) is 43.3 Å². The highest BCUT2D eigenvalue weighted by Gasteiger charge is 2.23. The Morgan fingerprint density at radius 3 is 2.46 bits per heavy atom. The molecule has 4 rings (SSSR count). The predicted octanol–water partition coefficient (Wildman–Crippen LogP) is 5.92. The normalized spacial score (nSPS) is 11.7. The number of nitrogens with one attached hydrogen (secondary N) is 1. The number of nitro benzene ring substituents is 1. The number of hydrogen-bond donors (Lipinski definition) is 1. The molecular formula is C25H22ClN5O3S. The number of aromatic nitrogens is 3. The van der Waals surface area contributed by atoms with Crippen molar-refractivity contribution in [1.29, 1.82) is 0 Å². The lowest BCUT2D eigenvalue weighted by molar-refractivity contribution is -0.384. The highest BCUT2D eigenvalue weighted by atomic mass is 35.5. The van der Waals surface area contributed by atoms with E-state index in [1.807, 2.05) is 16.7 Å². The number of thioether (sulfide) groups is 1. The smallest absolute Gasteiger partial charge is 0.269 e. The summed E-state index contributed by atoms with van der Waals surface area (Å²) in [6.45, 7) is 3.85. The van der Waals surface area contributed by atoms with Gasteiger partial charge in [-0.05, 0) is 49.2 Å². The van der Waals surface area contributed by atoms with E-state index in [-0.39, 0.29) is 11.6 Å². The summed E-state index contributed by atoms with van der Waals surface area (Å²) in [7, 11) is 0. The van der Waals surface area contributed by atoms with Crippen LogP contribution < -0.4 is 5.32 Å². The highest BCUT2D eigenvalue weighted by molar-refractivity contribution is 7.98. The Kier molecular flexibility index (Phi) is 7.48. The number of carbonyl (C=O) groups is 1. The number of amides is 1. The molecule has 1 heterocycles. The van der Waals surface area contributed by atoms with Crippen LogP contribution in [0.25, 0.3) is 5.69 Å². The summed E-state index contributed by atoms with van der Waals surface area (Å²) in [6.07, 6.45) is 0. The Bertz CT molecular complexity index is 1370. The fraction of sp³-hybridized carbons (Fsp3) is 0.160. The number of rotatable bonds is 8. The number of nitrogens with zero attached hydrogens (tertiary/aromatic N) is 4. The number of halogens is 1. The monoisotopic (exact) mass is 507 g/mol. The van der Waals surface area contributed by atoms with Gasteiger partial charge in [-0.25, -0.2) is 0 Å². The lowest BCUT2D eigenvalue weighted by atomic mass is 10.1. The lowest BCUT2D eigenvalue weighted by Gasteiger charge is -2.17. The largest absolute Gasteiger partial charge is 0.342 e. The Morgan fingerprint density at radius 2 is 1.77 bits per heavy atom. The first-order valence-corrected chi connectivity index (χ1v) is 12.1. The molecule has 4 aromatic rings. The first-order valence-electron chi connectivity index (χ1n) is 10.8. The van der Waals surface area contributed by atoms with E-state index in [9.17, 15) is 14.9 Å². The number of aryl methyl sites for hydroxylation is 1. The minimum atomic E-state index is -0.519. The van der Waals surface area contributed by atoms with E-state index >= 15 is 0 Å². The van der Waals surface area contributed by atoms with Gasteiger partial charge in [-0.1, -0.05) is 59.8 Å². The second kappa shape index (κ2) is 10.7. The van der Waals surface area contributed by atoms with Crippen LogP contribution in [-0.2, 0) is 5.75 Å². The molecule has 10 heteroatoms. The van der Waals surface area contributed by atoms with Gasteiger partial charge in [0.1, 0.15) is 0 Å². The molecule has 0 fully saturated rings. The molecular weight excluding hydrogens is 486 g/mol. The standard InChI is InChI=1S/C25H22ClN5O3S/c1-16-7-3-4-8-18(16)15-35-25-29-28-23(30(25)19-11-13-20(14-12-19)31(33)34)17(2)27-24(32)21-9-5-6-10-22(21)26/h3-14,17H,15H2,1-2H3,(H,27,32). The molecule has 0 radical (unpaired) electrons. The molecule has 35 heavy (non-hydrogen) atoms. The van der Waals surface area contributed by atoms with Gasteiger partial charge in [0.25, 0.3) is 11.6 Å². The number of nitro groups is 1. The zero-order chi connectivity index (χ0) is 24.9. The number of carbonyl (C=O) groups excluding carboxylic acids is 1. The van der Waals surface area contributed by atoms with Crippen molar-refractivity contribution in [2.24, 2.45) is 0 Å². The van der Waals surface area contributed by atoms with Crippen LogP contribution in [0.5, 0.6) is 0 Å². The quantitative estimate of drug-likeness (QED) is 0.180. The molecule has 1 aromatic heterocycles. The maximum atomic E-state index is 12.8. The Morgan fingerprint density at radius 1 is 1.09 bits per heavy atom. The molecule has 0 saturated carbocycles. The summed E-state index contributed by atoms with van der Waals surface area (Å²) in [5.74, 6) is 0.819. The summed E-state index contributed by atoms with van der Waals surface area (Å²) >= 11 is 7.68. The van der Waals surface area contributed by atoms with Crippen LogP contribution in [-0.4, -0.2) is 25.6 Å². The third-order valence-corrected chi connectivity index (χ3v) is 6.76. The molecule has 0 aliphatic carbocycles. The van der Waals surface area contributed by atoms with Crippen molar-refractivity contribution < 1.29 is 9.72 Å². The van der Waals surface area contributed by atoms with Crippen LogP contribution in [0.2, 0.25) is 5.02 Å². The van der Waals surface area contributed by atoms with Gasteiger partial charge in [0.05, 0.1) is 21.6 Å². The second-order valence-corrected chi connectivity index (χ2v) is 9.19. The third kappa shape index (κ3) is 5.52. The summed E-state index contributed by atoms with van der Waals surface area (Å²) < 4.78 is 1.81. The van der Waals surface area contributed by atoms with Crippen molar-refractivity contribution in [2.75, 3.05) is 0 Å². The zero-order valence-corrected chi connectivity index (χ0v) is 20.6. The summed E-state index contributed by atoms with van der Waals surface area (Å²) in [4.78, 5) is 23.5. The van der Waals surface area contributed by atoms with Gasteiger partial charge in [-0.3, -0.25) is 19.5 Å². The number of hydrogen-bond acceptors (Lipinski definition) is 6. The molecule has 1 atom stereocenters. The average Bonchev–Trinajstić information content (AvgIpc) is 3.28. The van der Waals surface area contributed by atoms with Gasteiger partial charge in [-0.2, -0.15) is 0 Å². The van der Waals surface area contributed by atoms with Crippen LogP contribution in [0.1, 0.15) is 40.3 Å². The number of non-ortho nitro benzene ring substituents is 1. The summed E-state index contributed by atoms with van der Waals surface area (Å²) in [5, 5.41) is 23.8. The molecule has 1 N–H and O–H groups in total. The lowest BCUT2D eigenvalue weighted by Crippen LogP contribution is -2.28. The molecule has 1 amide bonds. The second-order valence-electron chi connectivity index (χ2n) is 7.84. The molecule has 178 valence electrons. The maximum absolute atomic E-state index is 12.8. The van der Waals surface area contributed by atoms with E-state index in [0.29, 0.717) is 33.0 Å². The van der Waals surface area contributed by atoms with E-state index in [1.165, 1.54) is 29.5 Å². The predicted molar refractivity (Wildman–Crippen MR) is 136 cm³/mol. The highest BCUT2D eigenvalue weighted by Crippen LogP contribution is 2.29. The number of benzene rings is 3. The van der Waals surface area contributed by atoms with Crippen molar-refractivity contribution in [2.45, 2.75) is 30.8 Å². The van der Waals surface area contributed by atoms with Crippen molar-refractivity contribution in [1.82, 2.24) is 20.1 Å². The first kappa shape index (κ1) is 24.4. The van der Waals surface area contributed by atoms with Crippen LogP contribution in [0.4, 0.5) is 5.69 Å². The zero-order valence-electron chi connectivity index (χ0n) is 19.0. The molecule has 1 unspecified atom stereocenters. The van der Waals surface area contributed by atoms with Crippen LogP contribution >= 0.6 is 23.4 Å². The topological polar surface area (TPSA) is 103 Å². The summed E-state index contributed by atoms with van der Waals surface area (Å²) in [6, 6.07) is 20.5. The van der Waals surface area contributed by atoms with Gasteiger partial charge in [0.15, 0.2) is 11.0 Å². The average molecular weight is 508 g/mol. The molecule has 0 aliphatic heterocycles. The van der Waals surface area contributed by atoms with Gasteiger partial charge >= 0.3 is 0 Å². The van der Waals surface area contributed by atoms with Crippen molar-refractivity contribution >= 4 is 35.0 Å². The van der Waals surface area contributed by atoms with Gasteiger partial charge in [0.2, 0.25) is 0 Å². The maximum Gasteiger partial charge on any atom is 0.269 e. The molecule has 0 saturated heterocycles. The Balaban J connectivity index is 1.66. The minimum absolute atomic E-state index is 0.0161.